The Morgan fingerprint density at radius 3 is 2.64 bits per heavy atom. The molecule has 0 spiro atoms. The SMILES string of the molecule is C=C(COC)NCc1ccc(Cl)cc1. The van der Waals surface area contributed by atoms with Gasteiger partial charge in [0.2, 0.25) is 0 Å². The minimum atomic E-state index is 0.535. The number of methoxy groups -OCH3 is 1. The Hall–Kier alpha value is -0.990. The molecule has 0 saturated carbocycles. The van der Waals surface area contributed by atoms with E-state index in [2.05, 4.69) is 11.9 Å². The van der Waals surface area contributed by atoms with Crippen molar-refractivity contribution in [1.29, 1.82) is 0 Å². The third kappa shape index (κ3) is 3.81. The number of ether oxygens (including phenoxy) is 1. The first-order chi connectivity index (χ1) is 6.72. The zero-order chi connectivity index (χ0) is 10.4. The summed E-state index contributed by atoms with van der Waals surface area (Å²) in [5, 5.41) is 3.91. The summed E-state index contributed by atoms with van der Waals surface area (Å²) in [6.45, 7) is 5.10. The van der Waals surface area contributed by atoms with Crippen molar-refractivity contribution in [2.24, 2.45) is 0 Å². The number of nitrogens with one attached hydrogen (secondary N) is 1. The van der Waals surface area contributed by atoms with E-state index in [1.807, 2.05) is 24.3 Å². The van der Waals surface area contributed by atoms with Crippen LogP contribution >= 0.6 is 11.6 Å². The summed E-state index contributed by atoms with van der Waals surface area (Å²) in [6.07, 6.45) is 0. The highest BCUT2D eigenvalue weighted by Gasteiger charge is 1.94. The van der Waals surface area contributed by atoms with Crippen molar-refractivity contribution in [3.63, 3.8) is 0 Å². The monoisotopic (exact) mass is 211 g/mol. The Morgan fingerprint density at radius 1 is 1.43 bits per heavy atom. The lowest BCUT2D eigenvalue weighted by Crippen LogP contribution is -2.15. The zero-order valence-electron chi connectivity index (χ0n) is 8.22. The zero-order valence-corrected chi connectivity index (χ0v) is 8.97. The van der Waals surface area contributed by atoms with E-state index in [1.165, 1.54) is 5.56 Å². The van der Waals surface area contributed by atoms with Crippen LogP contribution in [0.3, 0.4) is 0 Å². The maximum absolute atomic E-state index is 5.77. The highest BCUT2D eigenvalue weighted by Crippen LogP contribution is 2.09. The van der Waals surface area contributed by atoms with Gasteiger partial charge in [-0.15, -0.1) is 0 Å². The lowest BCUT2D eigenvalue weighted by molar-refractivity contribution is 0.220. The summed E-state index contributed by atoms with van der Waals surface area (Å²) in [5.74, 6) is 0. The molecule has 0 radical (unpaired) electrons. The standard InChI is InChI=1S/C11H14ClNO/c1-9(8-14-2)13-7-10-3-5-11(12)6-4-10/h3-6,13H,1,7-8H2,2H3. The first-order valence-electron chi connectivity index (χ1n) is 4.37. The van der Waals surface area contributed by atoms with Gasteiger partial charge in [0.25, 0.3) is 0 Å². The molecule has 0 fully saturated rings. The van der Waals surface area contributed by atoms with E-state index in [4.69, 9.17) is 16.3 Å². The van der Waals surface area contributed by atoms with Crippen LogP contribution in [0.1, 0.15) is 5.56 Å². The van der Waals surface area contributed by atoms with Crippen molar-refractivity contribution >= 4 is 11.6 Å². The number of rotatable bonds is 5. The Kier molecular flexibility index (Phi) is 4.50. The first kappa shape index (κ1) is 11.1. The number of hydrogen-bond acceptors (Lipinski definition) is 2. The topological polar surface area (TPSA) is 21.3 Å². The molecule has 3 heteroatoms. The maximum Gasteiger partial charge on any atom is 0.0852 e. The molecule has 0 aliphatic heterocycles. The van der Waals surface area contributed by atoms with Crippen molar-refractivity contribution in [3.8, 4) is 0 Å². The Balaban J connectivity index is 2.38. The largest absolute Gasteiger partial charge is 0.383 e. The lowest BCUT2D eigenvalue weighted by atomic mass is 10.2. The van der Waals surface area contributed by atoms with Gasteiger partial charge in [-0.3, -0.25) is 0 Å². The van der Waals surface area contributed by atoms with E-state index in [0.29, 0.717) is 6.61 Å². The summed E-state index contributed by atoms with van der Waals surface area (Å²) in [5.41, 5.74) is 2.05. The molecule has 76 valence electrons. The van der Waals surface area contributed by atoms with Gasteiger partial charge >= 0.3 is 0 Å². The Labute approximate surface area is 89.5 Å². The lowest BCUT2D eigenvalue weighted by Gasteiger charge is -2.08. The molecule has 0 aliphatic rings. The van der Waals surface area contributed by atoms with Crippen molar-refractivity contribution in [2.75, 3.05) is 13.7 Å². The van der Waals surface area contributed by atoms with E-state index in [1.54, 1.807) is 7.11 Å². The molecule has 0 saturated heterocycles. The molecule has 0 amide bonds. The minimum Gasteiger partial charge on any atom is -0.383 e. The second kappa shape index (κ2) is 5.68. The van der Waals surface area contributed by atoms with Crippen LogP contribution in [0.2, 0.25) is 5.02 Å². The molecule has 0 aromatic heterocycles. The third-order valence-corrected chi connectivity index (χ3v) is 2.03. The fourth-order valence-electron chi connectivity index (χ4n) is 1.05. The van der Waals surface area contributed by atoms with Crippen molar-refractivity contribution < 1.29 is 4.74 Å². The van der Waals surface area contributed by atoms with Crippen LogP contribution in [-0.2, 0) is 11.3 Å². The molecule has 1 aromatic rings. The highest BCUT2D eigenvalue weighted by molar-refractivity contribution is 6.30. The smallest absolute Gasteiger partial charge is 0.0852 e. The molecule has 0 heterocycles. The van der Waals surface area contributed by atoms with Crippen LogP contribution in [0.25, 0.3) is 0 Å². The summed E-state index contributed by atoms with van der Waals surface area (Å²) in [6, 6.07) is 7.71. The van der Waals surface area contributed by atoms with E-state index in [0.717, 1.165) is 17.3 Å². The van der Waals surface area contributed by atoms with Crippen LogP contribution in [0.5, 0.6) is 0 Å². The van der Waals surface area contributed by atoms with E-state index in [9.17, 15) is 0 Å². The van der Waals surface area contributed by atoms with Gasteiger partial charge in [0.15, 0.2) is 0 Å². The van der Waals surface area contributed by atoms with Crippen LogP contribution in [0.15, 0.2) is 36.5 Å². The van der Waals surface area contributed by atoms with Crippen LogP contribution < -0.4 is 5.32 Å². The second-order valence-electron chi connectivity index (χ2n) is 3.02. The molecular weight excluding hydrogens is 198 g/mol. The van der Waals surface area contributed by atoms with Crippen molar-refractivity contribution in [3.05, 3.63) is 47.1 Å². The molecule has 0 atom stereocenters. The summed E-state index contributed by atoms with van der Waals surface area (Å²) in [4.78, 5) is 0. The summed E-state index contributed by atoms with van der Waals surface area (Å²) >= 11 is 5.77. The molecule has 14 heavy (non-hydrogen) atoms. The first-order valence-corrected chi connectivity index (χ1v) is 4.75. The third-order valence-electron chi connectivity index (χ3n) is 1.77. The fraction of sp³-hybridized carbons (Fsp3) is 0.273. The Bertz CT molecular complexity index is 295. The van der Waals surface area contributed by atoms with E-state index in [-0.39, 0.29) is 0 Å². The molecule has 0 unspecified atom stereocenters. The number of benzene rings is 1. The summed E-state index contributed by atoms with van der Waals surface area (Å²) < 4.78 is 4.93. The number of hydrogen-bond donors (Lipinski definition) is 1. The van der Waals surface area contributed by atoms with Gasteiger partial charge in [0, 0.05) is 24.4 Å². The average Bonchev–Trinajstić information content (AvgIpc) is 2.17. The molecule has 1 rings (SSSR count). The fourth-order valence-corrected chi connectivity index (χ4v) is 1.18. The predicted octanol–water partition coefficient (Wildman–Crippen LogP) is 2.59. The molecular formula is C11H14ClNO. The van der Waals surface area contributed by atoms with E-state index >= 15 is 0 Å². The van der Waals surface area contributed by atoms with Crippen molar-refractivity contribution in [1.82, 2.24) is 5.32 Å². The van der Waals surface area contributed by atoms with E-state index < -0.39 is 0 Å². The van der Waals surface area contributed by atoms with Gasteiger partial charge in [-0.1, -0.05) is 30.3 Å². The van der Waals surface area contributed by atoms with Crippen LogP contribution in [0.4, 0.5) is 0 Å². The molecule has 2 nitrogen and oxygen atoms in total. The molecule has 1 aromatic carbocycles. The highest BCUT2D eigenvalue weighted by atomic mass is 35.5. The van der Waals surface area contributed by atoms with Gasteiger partial charge in [0.1, 0.15) is 0 Å². The second-order valence-corrected chi connectivity index (χ2v) is 3.45. The van der Waals surface area contributed by atoms with Gasteiger partial charge in [-0.25, -0.2) is 0 Å². The van der Waals surface area contributed by atoms with Crippen LogP contribution in [0, 0.1) is 0 Å². The molecule has 0 bridgehead atoms. The van der Waals surface area contributed by atoms with Gasteiger partial charge < -0.3 is 10.1 Å². The minimum absolute atomic E-state index is 0.535. The van der Waals surface area contributed by atoms with Gasteiger partial charge in [-0.2, -0.15) is 0 Å². The normalized spacial score (nSPS) is 9.86. The van der Waals surface area contributed by atoms with Gasteiger partial charge in [0.05, 0.1) is 6.61 Å². The van der Waals surface area contributed by atoms with Crippen molar-refractivity contribution in [2.45, 2.75) is 6.54 Å². The predicted molar refractivity (Wildman–Crippen MR) is 59.3 cm³/mol. The molecule has 0 aliphatic carbocycles. The summed E-state index contributed by atoms with van der Waals surface area (Å²) in [7, 11) is 1.65. The Morgan fingerprint density at radius 2 is 2.07 bits per heavy atom. The van der Waals surface area contributed by atoms with Crippen LogP contribution in [-0.4, -0.2) is 13.7 Å². The molecule has 1 N–H and O–H groups in total. The van der Waals surface area contributed by atoms with Gasteiger partial charge in [-0.05, 0) is 17.7 Å². The maximum atomic E-state index is 5.77. The average molecular weight is 212 g/mol. The number of halogens is 1. The quantitative estimate of drug-likeness (QED) is 0.809.